The molecule has 0 aromatic carbocycles. The van der Waals surface area contributed by atoms with Crippen LogP contribution in [0.25, 0.3) is 0 Å². The first kappa shape index (κ1) is 7.93. The number of nitrogens with zero attached hydrogens (tertiary/aromatic N) is 2. The van der Waals surface area contributed by atoms with Crippen molar-refractivity contribution in [3.05, 3.63) is 5.51 Å². The molecule has 0 aliphatic carbocycles. The van der Waals surface area contributed by atoms with Crippen molar-refractivity contribution in [2.24, 2.45) is 0 Å². The van der Waals surface area contributed by atoms with Gasteiger partial charge in [0.25, 0.3) is 0 Å². The third-order valence-corrected chi connectivity index (χ3v) is 1.52. The number of carbonyl (C=O) groups excluding carboxylic acids is 1. The Morgan fingerprint density at radius 2 is 2.64 bits per heavy atom. The third-order valence-electron chi connectivity index (χ3n) is 0.918. The van der Waals surface area contributed by atoms with Crippen molar-refractivity contribution in [2.75, 3.05) is 11.9 Å². The molecular formula is C5H8N4OS. The van der Waals surface area contributed by atoms with Crippen molar-refractivity contribution in [1.29, 1.82) is 0 Å². The summed E-state index contributed by atoms with van der Waals surface area (Å²) in [6, 6.07) is -0.246. The van der Waals surface area contributed by atoms with E-state index in [1.165, 1.54) is 11.3 Å². The monoisotopic (exact) mass is 172 g/mol. The van der Waals surface area contributed by atoms with E-state index in [0.29, 0.717) is 11.7 Å². The second-order valence-electron chi connectivity index (χ2n) is 1.73. The van der Waals surface area contributed by atoms with Crippen molar-refractivity contribution >= 4 is 22.5 Å². The Morgan fingerprint density at radius 3 is 3.18 bits per heavy atom. The molecule has 1 aromatic heterocycles. The van der Waals surface area contributed by atoms with Gasteiger partial charge in [-0.25, -0.2) is 4.79 Å². The summed E-state index contributed by atoms with van der Waals surface area (Å²) >= 11 is 1.28. The highest BCUT2D eigenvalue weighted by atomic mass is 32.1. The number of nitrogens with one attached hydrogen (secondary N) is 2. The zero-order valence-electron chi connectivity index (χ0n) is 6.00. The fourth-order valence-corrected chi connectivity index (χ4v) is 0.969. The summed E-state index contributed by atoms with van der Waals surface area (Å²) in [6.07, 6.45) is 0. The van der Waals surface area contributed by atoms with Gasteiger partial charge in [0.1, 0.15) is 5.51 Å². The van der Waals surface area contributed by atoms with Gasteiger partial charge in [-0.15, -0.1) is 10.2 Å². The molecule has 0 spiro atoms. The number of aromatic nitrogens is 2. The molecule has 60 valence electrons. The molecule has 0 fully saturated rings. The first-order valence-electron chi connectivity index (χ1n) is 3.14. The van der Waals surface area contributed by atoms with Gasteiger partial charge < -0.3 is 5.32 Å². The van der Waals surface area contributed by atoms with Gasteiger partial charge in [-0.2, -0.15) is 0 Å². The van der Waals surface area contributed by atoms with Crippen LogP contribution in [-0.4, -0.2) is 22.8 Å². The molecule has 0 unspecified atom stereocenters. The SMILES string of the molecule is CCNC(=O)Nc1nncs1. The summed E-state index contributed by atoms with van der Waals surface area (Å²) < 4.78 is 0. The second kappa shape index (κ2) is 3.87. The fourth-order valence-electron chi connectivity index (χ4n) is 0.529. The van der Waals surface area contributed by atoms with Crippen LogP contribution in [0, 0.1) is 0 Å². The largest absolute Gasteiger partial charge is 0.338 e. The summed E-state index contributed by atoms with van der Waals surface area (Å²) in [4.78, 5) is 10.8. The maximum Gasteiger partial charge on any atom is 0.321 e. The molecule has 1 aromatic rings. The summed E-state index contributed by atoms with van der Waals surface area (Å²) in [6.45, 7) is 2.45. The zero-order chi connectivity index (χ0) is 8.10. The second-order valence-corrected chi connectivity index (χ2v) is 2.56. The van der Waals surface area contributed by atoms with Crippen molar-refractivity contribution in [1.82, 2.24) is 15.5 Å². The molecule has 0 aliphatic heterocycles. The summed E-state index contributed by atoms with van der Waals surface area (Å²) in [5.41, 5.74) is 1.56. The Bertz CT molecular complexity index is 222. The predicted molar refractivity (Wildman–Crippen MR) is 42.6 cm³/mol. The lowest BCUT2D eigenvalue weighted by atomic mass is 10.7. The molecule has 2 amide bonds. The number of hydrogen-bond acceptors (Lipinski definition) is 4. The summed E-state index contributed by atoms with van der Waals surface area (Å²) in [5.74, 6) is 0. The molecule has 0 bridgehead atoms. The van der Waals surface area contributed by atoms with Crippen LogP contribution < -0.4 is 10.6 Å². The van der Waals surface area contributed by atoms with Crippen molar-refractivity contribution in [3.8, 4) is 0 Å². The Kier molecular flexibility index (Phi) is 2.79. The van der Waals surface area contributed by atoms with Crippen molar-refractivity contribution in [3.63, 3.8) is 0 Å². The number of amides is 2. The molecule has 0 aliphatic rings. The van der Waals surface area contributed by atoms with Crippen LogP contribution in [0.1, 0.15) is 6.92 Å². The number of urea groups is 1. The van der Waals surface area contributed by atoms with Crippen LogP contribution in [0.2, 0.25) is 0 Å². The minimum absolute atomic E-state index is 0.246. The smallest absolute Gasteiger partial charge is 0.321 e. The van der Waals surface area contributed by atoms with E-state index in [0.717, 1.165) is 0 Å². The molecule has 0 atom stereocenters. The van der Waals surface area contributed by atoms with Crippen LogP contribution in [0.3, 0.4) is 0 Å². The van der Waals surface area contributed by atoms with Crippen LogP contribution in [0.15, 0.2) is 5.51 Å². The van der Waals surface area contributed by atoms with Crippen LogP contribution >= 0.6 is 11.3 Å². The maximum absolute atomic E-state index is 10.8. The fraction of sp³-hybridized carbons (Fsp3) is 0.400. The zero-order valence-corrected chi connectivity index (χ0v) is 6.81. The normalized spacial score (nSPS) is 9.18. The molecule has 0 radical (unpaired) electrons. The predicted octanol–water partition coefficient (Wildman–Crippen LogP) is 0.679. The van der Waals surface area contributed by atoms with E-state index < -0.39 is 0 Å². The summed E-state index contributed by atoms with van der Waals surface area (Å²) in [7, 11) is 0. The van der Waals surface area contributed by atoms with E-state index in [2.05, 4.69) is 20.8 Å². The molecule has 11 heavy (non-hydrogen) atoms. The molecule has 6 heteroatoms. The van der Waals surface area contributed by atoms with Gasteiger partial charge in [0, 0.05) is 6.54 Å². The highest BCUT2D eigenvalue weighted by molar-refractivity contribution is 7.13. The van der Waals surface area contributed by atoms with Crippen LogP contribution in [-0.2, 0) is 0 Å². The van der Waals surface area contributed by atoms with Gasteiger partial charge in [0.05, 0.1) is 0 Å². The Balaban J connectivity index is 2.37. The lowest BCUT2D eigenvalue weighted by Gasteiger charge is -1.99. The average molecular weight is 172 g/mol. The van der Waals surface area contributed by atoms with Gasteiger partial charge in [-0.3, -0.25) is 5.32 Å². The lowest BCUT2D eigenvalue weighted by molar-refractivity contribution is 0.252. The molecule has 0 saturated heterocycles. The van der Waals surface area contributed by atoms with E-state index in [-0.39, 0.29) is 6.03 Å². The molecule has 1 heterocycles. The molecule has 1 rings (SSSR count). The number of hydrogen-bond donors (Lipinski definition) is 2. The van der Waals surface area contributed by atoms with Crippen molar-refractivity contribution < 1.29 is 4.79 Å². The van der Waals surface area contributed by atoms with E-state index in [1.807, 2.05) is 6.92 Å². The van der Waals surface area contributed by atoms with E-state index in [1.54, 1.807) is 5.51 Å². The molecule has 0 saturated carbocycles. The topological polar surface area (TPSA) is 66.9 Å². The van der Waals surface area contributed by atoms with Gasteiger partial charge in [-0.1, -0.05) is 11.3 Å². The first-order valence-corrected chi connectivity index (χ1v) is 4.02. The molecule has 2 N–H and O–H groups in total. The van der Waals surface area contributed by atoms with Crippen LogP contribution in [0.5, 0.6) is 0 Å². The highest BCUT2D eigenvalue weighted by Gasteiger charge is 2.00. The Labute approximate surface area is 67.8 Å². The highest BCUT2D eigenvalue weighted by Crippen LogP contribution is 2.06. The quantitative estimate of drug-likeness (QED) is 0.689. The standard InChI is InChI=1S/C5H8N4OS/c1-2-6-4(10)8-5-9-7-3-11-5/h3H,2H2,1H3,(H2,6,8,9,10). The number of rotatable bonds is 2. The molecular weight excluding hydrogens is 164 g/mol. The van der Waals surface area contributed by atoms with E-state index in [4.69, 9.17) is 0 Å². The number of carbonyl (C=O) groups is 1. The lowest BCUT2D eigenvalue weighted by Crippen LogP contribution is -2.28. The van der Waals surface area contributed by atoms with Crippen LogP contribution in [0.4, 0.5) is 9.93 Å². The third kappa shape index (κ3) is 2.50. The maximum atomic E-state index is 10.8. The van der Waals surface area contributed by atoms with Gasteiger partial charge >= 0.3 is 6.03 Å². The Hall–Kier alpha value is -1.17. The Morgan fingerprint density at radius 1 is 1.82 bits per heavy atom. The first-order chi connectivity index (χ1) is 5.33. The van der Waals surface area contributed by atoms with Gasteiger partial charge in [0.15, 0.2) is 0 Å². The molecule has 5 nitrogen and oxygen atoms in total. The van der Waals surface area contributed by atoms with Gasteiger partial charge in [-0.05, 0) is 6.92 Å². The summed E-state index contributed by atoms with van der Waals surface area (Å²) in [5, 5.41) is 12.8. The van der Waals surface area contributed by atoms with E-state index >= 15 is 0 Å². The minimum Gasteiger partial charge on any atom is -0.338 e. The number of anilines is 1. The van der Waals surface area contributed by atoms with E-state index in [9.17, 15) is 4.79 Å². The van der Waals surface area contributed by atoms with Crippen molar-refractivity contribution in [2.45, 2.75) is 6.92 Å². The van der Waals surface area contributed by atoms with Gasteiger partial charge in [0.2, 0.25) is 5.13 Å². The average Bonchev–Trinajstić information content (AvgIpc) is 2.40. The minimum atomic E-state index is -0.246.